The Hall–Kier alpha value is -1.45. The van der Waals surface area contributed by atoms with E-state index in [1.54, 1.807) is 24.3 Å². The smallest absolute Gasteiger partial charge is 0.224 e. The van der Waals surface area contributed by atoms with Crippen LogP contribution in [-0.4, -0.2) is 18.0 Å². The van der Waals surface area contributed by atoms with Crippen LogP contribution >= 0.6 is 0 Å². The van der Waals surface area contributed by atoms with Gasteiger partial charge in [-0.2, -0.15) is 0 Å². The van der Waals surface area contributed by atoms with E-state index in [1.807, 2.05) is 0 Å². The van der Waals surface area contributed by atoms with Crippen molar-refractivity contribution in [3.8, 4) is 0 Å². The summed E-state index contributed by atoms with van der Waals surface area (Å²) >= 11 is 0. The minimum atomic E-state index is 0.0837. The summed E-state index contributed by atoms with van der Waals surface area (Å²) in [5.74, 6) is 0.0837. The van der Waals surface area contributed by atoms with E-state index in [0.717, 1.165) is 30.8 Å². The summed E-state index contributed by atoms with van der Waals surface area (Å²) in [7, 11) is 0. The lowest BCUT2D eigenvalue weighted by Crippen LogP contribution is -2.45. The third-order valence-corrected chi connectivity index (χ3v) is 3.03. The first-order valence-electron chi connectivity index (χ1n) is 4.83. The maximum Gasteiger partial charge on any atom is 0.224 e. The van der Waals surface area contributed by atoms with Crippen LogP contribution < -0.4 is 10.2 Å². The van der Waals surface area contributed by atoms with Gasteiger partial charge in [0.2, 0.25) is 5.91 Å². The lowest BCUT2D eigenvalue weighted by molar-refractivity contribution is -0.116. The van der Waals surface area contributed by atoms with Crippen LogP contribution in [0.3, 0.4) is 0 Å². The van der Waals surface area contributed by atoms with Gasteiger partial charge in [-0.05, 0) is 12.8 Å². The summed E-state index contributed by atoms with van der Waals surface area (Å²) in [6.45, 7) is 2.37. The van der Waals surface area contributed by atoms with Crippen molar-refractivity contribution < 1.29 is 9.21 Å². The summed E-state index contributed by atoms with van der Waals surface area (Å²) in [6.07, 6.45) is 5.58. The van der Waals surface area contributed by atoms with Gasteiger partial charge in [0.05, 0.1) is 11.2 Å². The van der Waals surface area contributed by atoms with Gasteiger partial charge in [0.25, 0.3) is 0 Å². The van der Waals surface area contributed by atoms with E-state index in [4.69, 9.17) is 4.42 Å². The van der Waals surface area contributed by atoms with Crippen molar-refractivity contribution in [3.63, 3.8) is 0 Å². The first-order valence-corrected chi connectivity index (χ1v) is 4.83. The van der Waals surface area contributed by atoms with Crippen molar-refractivity contribution in [1.82, 2.24) is 0 Å². The average Bonchev–Trinajstić information content (AvgIpc) is 2.73. The molecule has 1 saturated carbocycles. The van der Waals surface area contributed by atoms with E-state index in [0.29, 0.717) is 0 Å². The third kappa shape index (κ3) is 0.967. The van der Waals surface area contributed by atoms with E-state index in [2.05, 4.69) is 5.32 Å². The fourth-order valence-corrected chi connectivity index (χ4v) is 2.02. The number of fused-ring (bicyclic) bond motifs is 1. The molecule has 14 heavy (non-hydrogen) atoms. The van der Waals surface area contributed by atoms with Gasteiger partial charge < -0.3 is 14.6 Å². The van der Waals surface area contributed by atoms with E-state index in [-0.39, 0.29) is 11.4 Å². The Morgan fingerprint density at radius 2 is 2.36 bits per heavy atom. The highest BCUT2D eigenvalue weighted by Gasteiger charge is 2.48. The van der Waals surface area contributed by atoms with Crippen LogP contribution in [0, 0.1) is 0 Å². The molecule has 2 heterocycles. The van der Waals surface area contributed by atoms with Crippen molar-refractivity contribution >= 4 is 17.3 Å². The predicted octanol–water partition coefficient (Wildman–Crippen LogP) is 1.59. The maximum atomic E-state index is 11.4. The molecule has 74 valence electrons. The summed E-state index contributed by atoms with van der Waals surface area (Å²) in [5.41, 5.74) is 1.96. The van der Waals surface area contributed by atoms with E-state index < -0.39 is 0 Å². The van der Waals surface area contributed by atoms with Gasteiger partial charge in [-0.25, -0.2) is 0 Å². The molecule has 1 spiro atoms. The normalized spacial score (nSPS) is 21.6. The number of hydrogen-bond donors (Lipinski definition) is 1. The number of anilines is 2. The molecular weight excluding hydrogens is 180 g/mol. The van der Waals surface area contributed by atoms with Gasteiger partial charge >= 0.3 is 0 Å². The van der Waals surface area contributed by atoms with Crippen LogP contribution in [0.25, 0.3) is 0 Å². The zero-order chi connectivity index (χ0) is 9.76. The number of hydrogen-bond acceptors (Lipinski definition) is 3. The number of amides is 1. The number of carbonyl (C=O) groups is 1. The van der Waals surface area contributed by atoms with Crippen LogP contribution in [0.4, 0.5) is 11.4 Å². The molecule has 4 nitrogen and oxygen atoms in total. The zero-order valence-electron chi connectivity index (χ0n) is 8.04. The Kier molecular flexibility index (Phi) is 1.31. The second kappa shape index (κ2) is 2.32. The highest BCUT2D eigenvalue weighted by Crippen LogP contribution is 2.46. The third-order valence-electron chi connectivity index (χ3n) is 3.03. The lowest BCUT2D eigenvalue weighted by atomic mass is 10.1. The van der Waals surface area contributed by atoms with E-state index in [9.17, 15) is 4.79 Å². The Labute approximate surface area is 81.9 Å². The number of carbonyl (C=O) groups excluding carboxylic acids is 1. The molecule has 0 saturated heterocycles. The molecule has 1 fully saturated rings. The van der Waals surface area contributed by atoms with Crippen molar-refractivity contribution in [1.29, 1.82) is 0 Å². The molecule has 1 aromatic heterocycles. The van der Waals surface area contributed by atoms with Gasteiger partial charge in [-0.3, -0.25) is 4.79 Å². The predicted molar refractivity (Wildman–Crippen MR) is 52.3 cm³/mol. The number of furan rings is 1. The number of nitrogens with one attached hydrogen (secondary N) is 1. The molecular formula is C10H12N2O2. The van der Waals surface area contributed by atoms with Crippen LogP contribution in [0.15, 0.2) is 16.9 Å². The van der Waals surface area contributed by atoms with Crippen molar-refractivity contribution in [3.05, 3.63) is 12.5 Å². The summed E-state index contributed by atoms with van der Waals surface area (Å²) in [6, 6.07) is 0. The monoisotopic (exact) mass is 192 g/mol. The van der Waals surface area contributed by atoms with Crippen molar-refractivity contribution in [2.75, 3.05) is 16.8 Å². The second-order valence-corrected chi connectivity index (χ2v) is 4.18. The van der Waals surface area contributed by atoms with Crippen LogP contribution in [0.2, 0.25) is 0 Å². The molecule has 0 radical (unpaired) electrons. The lowest BCUT2D eigenvalue weighted by Gasteiger charge is -2.33. The molecule has 1 amide bonds. The van der Waals surface area contributed by atoms with Crippen LogP contribution in [0.1, 0.15) is 19.8 Å². The molecule has 1 aromatic rings. The highest BCUT2D eigenvalue weighted by molar-refractivity contribution is 5.96. The SMILES string of the molecule is CC(=O)N1CC2(CC2)Nc2cocc21. The van der Waals surface area contributed by atoms with Crippen molar-refractivity contribution in [2.45, 2.75) is 25.3 Å². The maximum absolute atomic E-state index is 11.4. The Morgan fingerprint density at radius 3 is 3.00 bits per heavy atom. The molecule has 0 atom stereocenters. The Morgan fingerprint density at radius 1 is 1.57 bits per heavy atom. The zero-order valence-corrected chi connectivity index (χ0v) is 8.04. The number of nitrogens with zero attached hydrogens (tertiary/aromatic N) is 1. The molecule has 1 aliphatic carbocycles. The fourth-order valence-electron chi connectivity index (χ4n) is 2.02. The van der Waals surface area contributed by atoms with Gasteiger partial charge in [0.15, 0.2) is 0 Å². The standard InChI is InChI=1S/C10H12N2O2/c1-7(13)12-6-10(2-3-10)11-8-4-14-5-9(8)12/h4-5,11H,2-3,6H2,1H3. The first kappa shape index (κ1) is 7.91. The summed E-state index contributed by atoms with van der Waals surface area (Å²) in [4.78, 5) is 13.2. The van der Waals surface area contributed by atoms with Crippen LogP contribution in [-0.2, 0) is 4.79 Å². The number of rotatable bonds is 0. The Bertz CT molecular complexity index is 393. The summed E-state index contributed by atoms with van der Waals surface area (Å²) in [5, 5.41) is 3.42. The van der Waals surface area contributed by atoms with Gasteiger partial charge in [0, 0.05) is 13.5 Å². The molecule has 4 heteroatoms. The van der Waals surface area contributed by atoms with Gasteiger partial charge in [-0.15, -0.1) is 0 Å². The van der Waals surface area contributed by atoms with E-state index in [1.165, 1.54) is 0 Å². The quantitative estimate of drug-likeness (QED) is 0.679. The van der Waals surface area contributed by atoms with Crippen LogP contribution in [0.5, 0.6) is 0 Å². The molecule has 1 N–H and O–H groups in total. The molecule has 0 bridgehead atoms. The molecule has 1 aliphatic heterocycles. The van der Waals surface area contributed by atoms with Gasteiger partial charge in [0.1, 0.15) is 18.2 Å². The second-order valence-electron chi connectivity index (χ2n) is 4.18. The molecule has 2 aliphatic rings. The molecule has 0 unspecified atom stereocenters. The average molecular weight is 192 g/mol. The minimum Gasteiger partial charge on any atom is -0.468 e. The first-order chi connectivity index (χ1) is 6.70. The molecule has 0 aromatic carbocycles. The Balaban J connectivity index is 2.04. The fraction of sp³-hybridized carbons (Fsp3) is 0.500. The van der Waals surface area contributed by atoms with Gasteiger partial charge in [-0.1, -0.05) is 0 Å². The largest absolute Gasteiger partial charge is 0.468 e. The van der Waals surface area contributed by atoms with E-state index >= 15 is 0 Å². The van der Waals surface area contributed by atoms with Crippen molar-refractivity contribution in [2.24, 2.45) is 0 Å². The minimum absolute atomic E-state index is 0.0837. The highest BCUT2D eigenvalue weighted by atomic mass is 16.3. The molecule has 3 rings (SSSR count). The topological polar surface area (TPSA) is 45.5 Å². The summed E-state index contributed by atoms with van der Waals surface area (Å²) < 4.78 is 5.11.